The lowest BCUT2D eigenvalue weighted by molar-refractivity contribution is -0.148. The number of para-hydroxylation sites is 2. The molecule has 6 nitrogen and oxygen atoms in total. The Morgan fingerprint density at radius 3 is 2.60 bits per heavy atom. The average Bonchev–Trinajstić information content (AvgIpc) is 2.59. The van der Waals surface area contributed by atoms with Gasteiger partial charge in [-0.25, -0.2) is 13.2 Å². The predicted molar refractivity (Wildman–Crippen MR) is 93.3 cm³/mol. The topological polar surface area (TPSA) is 72.9 Å². The lowest BCUT2D eigenvalue weighted by Gasteiger charge is -2.34. The quantitative estimate of drug-likeness (QED) is 0.785. The first-order chi connectivity index (χ1) is 11.8. The van der Waals surface area contributed by atoms with Crippen molar-refractivity contribution in [2.24, 2.45) is 0 Å². The number of aryl methyl sites for hydroxylation is 2. The number of carbonyl (C=O) groups is 1. The molecular formula is C18H19NO5S. The summed E-state index contributed by atoms with van der Waals surface area (Å²) in [5.41, 5.74) is 2.03. The first-order valence-corrected chi connectivity index (χ1v) is 9.22. The van der Waals surface area contributed by atoms with Crippen LogP contribution in [-0.2, 0) is 19.6 Å². The molecule has 0 radical (unpaired) electrons. The van der Waals surface area contributed by atoms with Gasteiger partial charge in [0.15, 0.2) is 0 Å². The van der Waals surface area contributed by atoms with Gasteiger partial charge in [-0.1, -0.05) is 29.8 Å². The number of hydrogen-bond acceptors (Lipinski definition) is 5. The number of methoxy groups -OCH3 is 1. The summed E-state index contributed by atoms with van der Waals surface area (Å²) in [6.07, 6.45) is -1.01. The highest BCUT2D eigenvalue weighted by molar-refractivity contribution is 7.92. The maximum atomic E-state index is 13.3. The minimum Gasteiger partial charge on any atom is -0.475 e. The molecule has 0 saturated heterocycles. The second-order valence-corrected chi connectivity index (χ2v) is 7.73. The Kier molecular flexibility index (Phi) is 4.43. The van der Waals surface area contributed by atoms with Crippen LogP contribution in [0.2, 0.25) is 0 Å². The van der Waals surface area contributed by atoms with Gasteiger partial charge in [0.25, 0.3) is 10.0 Å². The summed E-state index contributed by atoms with van der Waals surface area (Å²) in [6.45, 7) is 3.52. The predicted octanol–water partition coefficient (Wildman–Crippen LogP) is 2.43. The highest BCUT2D eigenvalue weighted by Gasteiger charge is 2.38. The number of carbonyl (C=O) groups excluding carboxylic acids is 1. The SMILES string of the molecule is COC(=O)[C@H]1CN(S(=O)(=O)c2ccc(C)cc2C)c2ccccc2O1. The van der Waals surface area contributed by atoms with E-state index in [1.165, 1.54) is 11.4 Å². The Labute approximate surface area is 147 Å². The number of nitrogens with zero attached hydrogens (tertiary/aromatic N) is 1. The second kappa shape index (κ2) is 6.40. The van der Waals surface area contributed by atoms with E-state index in [0.29, 0.717) is 17.0 Å². The van der Waals surface area contributed by atoms with Crippen LogP contribution in [0.5, 0.6) is 5.75 Å². The minimum atomic E-state index is -3.85. The van der Waals surface area contributed by atoms with Gasteiger partial charge in [-0.2, -0.15) is 0 Å². The van der Waals surface area contributed by atoms with E-state index < -0.39 is 22.1 Å². The molecule has 1 atom stereocenters. The van der Waals surface area contributed by atoms with Crippen LogP contribution >= 0.6 is 0 Å². The summed E-state index contributed by atoms with van der Waals surface area (Å²) in [4.78, 5) is 12.1. The van der Waals surface area contributed by atoms with Gasteiger partial charge in [-0.15, -0.1) is 0 Å². The molecule has 25 heavy (non-hydrogen) atoms. The molecule has 0 spiro atoms. The van der Waals surface area contributed by atoms with E-state index in [4.69, 9.17) is 9.47 Å². The standard InChI is InChI=1S/C18H19NO5S/c1-12-8-9-17(13(2)10-12)25(21,22)19-11-16(18(20)23-3)24-15-7-5-4-6-14(15)19/h4-10,16H,11H2,1-3H3/t16-/m1/s1. The normalized spacial score (nSPS) is 16.8. The van der Waals surface area contributed by atoms with E-state index in [1.807, 2.05) is 13.0 Å². The van der Waals surface area contributed by atoms with Crippen molar-refractivity contribution in [1.82, 2.24) is 0 Å². The summed E-state index contributed by atoms with van der Waals surface area (Å²) in [5, 5.41) is 0. The van der Waals surface area contributed by atoms with E-state index in [0.717, 1.165) is 5.56 Å². The number of anilines is 1. The highest BCUT2D eigenvalue weighted by Crippen LogP contribution is 2.37. The highest BCUT2D eigenvalue weighted by atomic mass is 32.2. The number of rotatable bonds is 3. The van der Waals surface area contributed by atoms with Crippen molar-refractivity contribution in [1.29, 1.82) is 0 Å². The third kappa shape index (κ3) is 3.07. The molecule has 0 aromatic heterocycles. The van der Waals surface area contributed by atoms with Crippen LogP contribution in [-0.4, -0.2) is 34.1 Å². The monoisotopic (exact) mass is 361 g/mol. The number of ether oxygens (including phenoxy) is 2. The molecule has 2 aromatic carbocycles. The Morgan fingerprint density at radius 2 is 1.92 bits per heavy atom. The van der Waals surface area contributed by atoms with E-state index in [-0.39, 0.29) is 11.4 Å². The number of esters is 1. The van der Waals surface area contributed by atoms with Crippen LogP contribution in [0.25, 0.3) is 0 Å². The van der Waals surface area contributed by atoms with Crippen molar-refractivity contribution in [3.05, 3.63) is 53.6 Å². The molecule has 1 aliphatic rings. The zero-order chi connectivity index (χ0) is 18.2. The van der Waals surface area contributed by atoms with Gasteiger partial charge in [-0.3, -0.25) is 4.31 Å². The molecule has 0 saturated carbocycles. The number of sulfonamides is 1. The van der Waals surface area contributed by atoms with Gasteiger partial charge >= 0.3 is 5.97 Å². The van der Waals surface area contributed by atoms with Crippen LogP contribution in [0.3, 0.4) is 0 Å². The molecule has 1 aliphatic heterocycles. The molecule has 2 aromatic rings. The third-order valence-corrected chi connectivity index (χ3v) is 6.04. The van der Waals surface area contributed by atoms with E-state index in [9.17, 15) is 13.2 Å². The maximum absolute atomic E-state index is 13.3. The van der Waals surface area contributed by atoms with Gasteiger partial charge in [0.05, 0.1) is 24.2 Å². The molecule has 1 heterocycles. The van der Waals surface area contributed by atoms with Crippen molar-refractivity contribution in [3.63, 3.8) is 0 Å². The molecule has 7 heteroatoms. The summed E-state index contributed by atoms with van der Waals surface area (Å²) < 4.78 is 38.1. The van der Waals surface area contributed by atoms with Gasteiger partial charge in [0.2, 0.25) is 6.10 Å². The minimum absolute atomic E-state index is 0.140. The van der Waals surface area contributed by atoms with Crippen molar-refractivity contribution < 1.29 is 22.7 Å². The van der Waals surface area contributed by atoms with Crippen molar-refractivity contribution in [2.75, 3.05) is 18.0 Å². The van der Waals surface area contributed by atoms with Crippen LogP contribution in [0.1, 0.15) is 11.1 Å². The lowest BCUT2D eigenvalue weighted by atomic mass is 10.2. The van der Waals surface area contributed by atoms with Crippen LogP contribution in [0.15, 0.2) is 47.4 Å². The summed E-state index contributed by atoms with van der Waals surface area (Å²) in [6, 6.07) is 11.9. The Bertz CT molecular complexity index is 923. The largest absolute Gasteiger partial charge is 0.475 e. The molecule has 0 unspecified atom stereocenters. The van der Waals surface area contributed by atoms with Gasteiger partial charge in [0, 0.05) is 0 Å². The van der Waals surface area contributed by atoms with Gasteiger partial charge in [0.1, 0.15) is 5.75 Å². The fourth-order valence-corrected chi connectivity index (χ4v) is 4.58. The first-order valence-electron chi connectivity index (χ1n) is 7.78. The molecule has 132 valence electrons. The summed E-state index contributed by atoms with van der Waals surface area (Å²) >= 11 is 0. The molecule has 0 bridgehead atoms. The summed E-state index contributed by atoms with van der Waals surface area (Å²) in [7, 11) is -2.61. The fraction of sp³-hybridized carbons (Fsp3) is 0.278. The number of benzene rings is 2. The molecule has 0 fully saturated rings. The second-order valence-electron chi connectivity index (χ2n) is 5.90. The first kappa shape index (κ1) is 17.3. The zero-order valence-electron chi connectivity index (χ0n) is 14.2. The van der Waals surface area contributed by atoms with Crippen LogP contribution in [0.4, 0.5) is 5.69 Å². The van der Waals surface area contributed by atoms with E-state index in [1.54, 1.807) is 43.3 Å². The van der Waals surface area contributed by atoms with Crippen molar-refractivity contribution in [2.45, 2.75) is 24.8 Å². The third-order valence-electron chi connectivity index (χ3n) is 4.10. The summed E-state index contributed by atoms with van der Waals surface area (Å²) in [5.74, 6) is -0.284. The molecular weight excluding hydrogens is 342 g/mol. The number of fused-ring (bicyclic) bond motifs is 1. The van der Waals surface area contributed by atoms with E-state index in [2.05, 4.69) is 0 Å². The molecule has 3 rings (SSSR count). The van der Waals surface area contributed by atoms with Gasteiger partial charge < -0.3 is 9.47 Å². The zero-order valence-corrected chi connectivity index (χ0v) is 15.0. The molecule has 0 N–H and O–H groups in total. The van der Waals surface area contributed by atoms with Crippen LogP contribution < -0.4 is 9.04 Å². The smallest absolute Gasteiger partial charge is 0.348 e. The lowest BCUT2D eigenvalue weighted by Crippen LogP contribution is -2.47. The fourth-order valence-electron chi connectivity index (χ4n) is 2.89. The Morgan fingerprint density at radius 1 is 1.20 bits per heavy atom. The maximum Gasteiger partial charge on any atom is 0.348 e. The Hall–Kier alpha value is -2.54. The van der Waals surface area contributed by atoms with Gasteiger partial charge in [-0.05, 0) is 37.6 Å². The molecule has 0 amide bonds. The van der Waals surface area contributed by atoms with E-state index >= 15 is 0 Å². The van der Waals surface area contributed by atoms with Crippen molar-refractivity contribution in [3.8, 4) is 5.75 Å². The Balaban J connectivity index is 2.12. The number of hydrogen-bond donors (Lipinski definition) is 0. The van der Waals surface area contributed by atoms with Crippen LogP contribution in [0, 0.1) is 13.8 Å². The average molecular weight is 361 g/mol. The molecule has 0 aliphatic carbocycles. The van der Waals surface area contributed by atoms with Crippen molar-refractivity contribution >= 4 is 21.7 Å².